The lowest BCUT2D eigenvalue weighted by atomic mass is 9.83. The van der Waals surface area contributed by atoms with Crippen molar-refractivity contribution in [3.8, 4) is 0 Å². The minimum absolute atomic E-state index is 0. The van der Waals surface area contributed by atoms with Crippen LogP contribution in [0.25, 0.3) is 0 Å². The van der Waals surface area contributed by atoms with Gasteiger partial charge in [-0.2, -0.15) is 13.7 Å². The molecule has 0 N–H and O–H groups in total. The number of esters is 3. The van der Waals surface area contributed by atoms with Crippen LogP contribution in [0.5, 0.6) is 0 Å². The van der Waals surface area contributed by atoms with Gasteiger partial charge in [-0.3, -0.25) is 0 Å². The van der Waals surface area contributed by atoms with Gasteiger partial charge >= 0.3 is 17.9 Å². The van der Waals surface area contributed by atoms with Crippen LogP contribution in [0.4, 0.5) is 0 Å². The van der Waals surface area contributed by atoms with Crippen molar-refractivity contribution < 1.29 is 93.2 Å². The smallest absolute Gasteiger partial charge is 0.344 e. The Morgan fingerprint density at radius 1 is 0.458 bits per heavy atom. The number of aromatic nitrogens is 3. The van der Waals surface area contributed by atoms with E-state index >= 15 is 0 Å². The Kier molecular flexibility index (Phi) is 32.2. The third-order valence-electron chi connectivity index (χ3n) is 8.38. The van der Waals surface area contributed by atoms with Crippen LogP contribution in [0.1, 0.15) is 106 Å². The standard InChI is InChI=1S/C39H48N3O6.2CHCl3.3BrH/c1-7-31-34(25-40-19-13-16-28(22-40)37(43)46-10-4)32(8-2)36(27-42-21-15-18-30(24-42)39(45)48-12-6)33(9-3)35(31)26-41-20-14-17-29(23-41)38(44)47-11-5;2*2-1(3)4;;;/h13-24H,7-12,25-27H2,1-6H3;2*1H;3*1H/q+3;;;;;/p-3. The second-order valence-electron chi connectivity index (χ2n) is 11.9. The fourth-order valence-electron chi connectivity index (χ4n) is 6.36. The summed E-state index contributed by atoms with van der Waals surface area (Å²) in [6.45, 7) is 14.5. The van der Waals surface area contributed by atoms with Gasteiger partial charge in [0.25, 0.3) is 0 Å². The monoisotopic (exact) mass is 1130 g/mol. The molecule has 0 fully saturated rings. The summed E-state index contributed by atoms with van der Waals surface area (Å²) in [5.41, 5.74) is 8.87. The molecule has 3 heterocycles. The number of benzene rings is 1. The summed E-state index contributed by atoms with van der Waals surface area (Å²) in [7, 11) is 0. The topological polar surface area (TPSA) is 90.5 Å². The van der Waals surface area contributed by atoms with E-state index in [1.165, 1.54) is 33.4 Å². The molecule has 0 amide bonds. The molecule has 0 bridgehead atoms. The molecular weight excluding hydrogens is 1080 g/mol. The predicted molar refractivity (Wildman–Crippen MR) is 222 cm³/mol. The number of pyridine rings is 3. The molecule has 1 aromatic carbocycles. The molecule has 9 nitrogen and oxygen atoms in total. The van der Waals surface area contributed by atoms with Crippen LogP contribution in [0.2, 0.25) is 0 Å². The van der Waals surface area contributed by atoms with Crippen LogP contribution in [-0.2, 0) is 53.1 Å². The first-order valence-corrected chi connectivity index (χ1v) is 20.9. The van der Waals surface area contributed by atoms with Crippen molar-refractivity contribution in [3.63, 3.8) is 0 Å². The lowest BCUT2D eigenvalue weighted by Gasteiger charge is -2.23. The van der Waals surface area contributed by atoms with E-state index in [9.17, 15) is 14.4 Å². The molecule has 59 heavy (non-hydrogen) atoms. The number of halogens is 9. The maximum atomic E-state index is 12.6. The average Bonchev–Trinajstić information content (AvgIpc) is 3.15. The number of hydrogen-bond donors (Lipinski definition) is 0. The fourth-order valence-corrected chi connectivity index (χ4v) is 6.36. The van der Waals surface area contributed by atoms with Gasteiger partial charge in [-0.05, 0) is 74.9 Å². The Morgan fingerprint density at radius 3 is 0.864 bits per heavy atom. The van der Waals surface area contributed by atoms with Crippen LogP contribution in [0.3, 0.4) is 0 Å². The van der Waals surface area contributed by atoms with E-state index in [-0.39, 0.29) is 68.9 Å². The highest BCUT2D eigenvalue weighted by Gasteiger charge is 2.28. The number of hydrogen-bond acceptors (Lipinski definition) is 6. The fraction of sp³-hybridized carbons (Fsp3) is 0.415. The predicted octanol–water partition coefficient (Wildman–Crippen LogP) is -0.104. The molecular formula is C41H50Br3Cl6N3O6. The van der Waals surface area contributed by atoms with Crippen molar-refractivity contribution in [2.45, 2.75) is 89.0 Å². The molecule has 0 aliphatic rings. The summed E-state index contributed by atoms with van der Waals surface area (Å²) >= 11 is 28.8. The van der Waals surface area contributed by atoms with Crippen molar-refractivity contribution in [1.29, 1.82) is 0 Å². The molecule has 0 aliphatic carbocycles. The molecule has 328 valence electrons. The van der Waals surface area contributed by atoms with Crippen molar-refractivity contribution in [2.24, 2.45) is 0 Å². The zero-order valence-corrected chi connectivity index (χ0v) is 42.9. The number of nitrogens with zero attached hydrogens (tertiary/aromatic N) is 3. The number of carbonyl (C=O) groups is 3. The molecule has 0 saturated heterocycles. The van der Waals surface area contributed by atoms with Gasteiger partial charge in [0, 0.05) is 34.9 Å². The summed E-state index contributed by atoms with van der Waals surface area (Å²) in [4.78, 5) is 37.9. The van der Waals surface area contributed by atoms with Gasteiger partial charge in [-0.1, -0.05) is 90.4 Å². The first kappa shape index (κ1) is 59.4. The van der Waals surface area contributed by atoms with Gasteiger partial charge in [-0.15, -0.1) is 0 Å². The molecule has 4 rings (SSSR count). The van der Waals surface area contributed by atoms with Gasteiger partial charge in [0.15, 0.2) is 65.4 Å². The lowest BCUT2D eigenvalue weighted by Crippen LogP contribution is -3.00. The van der Waals surface area contributed by atoms with Gasteiger partial charge in [0.05, 0.1) is 19.8 Å². The number of rotatable bonds is 15. The van der Waals surface area contributed by atoms with E-state index < -0.39 is 8.59 Å². The van der Waals surface area contributed by atoms with Crippen LogP contribution in [0, 0.1) is 0 Å². The van der Waals surface area contributed by atoms with E-state index in [0.29, 0.717) is 56.1 Å². The van der Waals surface area contributed by atoms with E-state index in [0.717, 1.165) is 19.3 Å². The second kappa shape index (κ2) is 32.0. The first-order chi connectivity index (χ1) is 26.7. The quantitative estimate of drug-likeness (QED) is 0.0717. The van der Waals surface area contributed by atoms with Crippen molar-refractivity contribution in [1.82, 2.24) is 0 Å². The molecule has 0 spiro atoms. The minimum Gasteiger partial charge on any atom is -1.00 e. The van der Waals surface area contributed by atoms with Crippen LogP contribution in [0.15, 0.2) is 73.6 Å². The third-order valence-corrected chi connectivity index (χ3v) is 8.38. The summed E-state index contributed by atoms with van der Waals surface area (Å²) in [6.07, 6.45) is 13.9. The van der Waals surface area contributed by atoms with E-state index in [1.54, 1.807) is 39.0 Å². The van der Waals surface area contributed by atoms with E-state index in [1.807, 2.05) is 69.1 Å². The summed E-state index contributed by atoms with van der Waals surface area (Å²) in [6, 6.07) is 10.9. The largest absolute Gasteiger partial charge is 1.00 e. The Bertz CT molecular complexity index is 1670. The molecule has 0 saturated carbocycles. The summed E-state index contributed by atoms with van der Waals surface area (Å²) in [5.74, 6) is -1.05. The van der Waals surface area contributed by atoms with E-state index in [2.05, 4.69) is 20.8 Å². The van der Waals surface area contributed by atoms with Crippen LogP contribution < -0.4 is 64.6 Å². The Morgan fingerprint density at radius 2 is 0.678 bits per heavy atom. The highest BCUT2D eigenvalue weighted by molar-refractivity contribution is 6.63. The zero-order chi connectivity index (χ0) is 41.8. The number of ether oxygens (including phenoxy) is 3. The van der Waals surface area contributed by atoms with Crippen molar-refractivity contribution in [2.75, 3.05) is 19.8 Å². The van der Waals surface area contributed by atoms with Gasteiger partial charge in [0.1, 0.15) is 16.7 Å². The zero-order valence-electron chi connectivity index (χ0n) is 33.6. The second-order valence-corrected chi connectivity index (χ2v) is 15.8. The Hall–Kier alpha value is -1.74. The highest BCUT2D eigenvalue weighted by atomic mass is 79.9. The van der Waals surface area contributed by atoms with Crippen LogP contribution in [-0.4, -0.2) is 46.3 Å². The van der Waals surface area contributed by atoms with Crippen molar-refractivity contribution >= 4 is 87.5 Å². The molecule has 0 radical (unpaired) electrons. The molecule has 3 aromatic heterocycles. The SMILES string of the molecule is CCOC(=O)c1ccc[n+](Cc2c(CC)c(C[n+]3cccc(C(=O)OCC)c3)c(CC)c(C[n+]3cccc(C(=O)OCC)c3)c2CC)c1.ClC(Cl)Cl.ClC(Cl)Cl.[Br-].[Br-].[Br-]. The lowest BCUT2D eigenvalue weighted by molar-refractivity contribution is -0.690. The average molecular weight is 1130 g/mol. The molecule has 0 aliphatic heterocycles. The first-order valence-electron chi connectivity index (χ1n) is 18.2. The molecule has 0 unspecified atom stereocenters. The van der Waals surface area contributed by atoms with Gasteiger partial charge in [-0.25, -0.2) is 14.4 Å². The molecule has 4 aromatic rings. The Labute approximate surface area is 409 Å². The number of alkyl halides is 6. The normalized spacial score (nSPS) is 10.1. The number of carbonyl (C=O) groups excluding carboxylic acids is 3. The van der Waals surface area contributed by atoms with Gasteiger partial charge < -0.3 is 65.2 Å². The highest BCUT2D eigenvalue weighted by Crippen LogP contribution is 2.31. The van der Waals surface area contributed by atoms with Gasteiger partial charge in [0.2, 0.25) is 0 Å². The Balaban J connectivity index is 0. The van der Waals surface area contributed by atoms with Crippen LogP contribution >= 0.6 is 69.6 Å². The molecule has 18 heteroatoms. The third kappa shape index (κ3) is 19.9. The van der Waals surface area contributed by atoms with Crippen molar-refractivity contribution in [3.05, 3.63) is 124 Å². The maximum Gasteiger partial charge on any atom is 0.344 e. The summed E-state index contributed by atoms with van der Waals surface area (Å²) < 4.78 is 20.5. The minimum atomic E-state index is -0.750. The maximum absolute atomic E-state index is 12.6. The van der Waals surface area contributed by atoms with E-state index in [4.69, 9.17) is 83.8 Å². The molecule has 0 atom stereocenters. The summed E-state index contributed by atoms with van der Waals surface area (Å²) in [5, 5.41) is 0.